The van der Waals surface area contributed by atoms with E-state index < -0.39 is 43.1 Å². The lowest BCUT2D eigenvalue weighted by Crippen LogP contribution is -2.57. The molecule has 0 atom stereocenters. The number of carbonyl (C=O) groups is 3. The summed E-state index contributed by atoms with van der Waals surface area (Å²) >= 11 is 0. The zero-order valence-electron chi connectivity index (χ0n) is 11.1. The van der Waals surface area contributed by atoms with E-state index in [9.17, 15) is 14.4 Å². The molecule has 1 aliphatic heterocycles. The highest BCUT2D eigenvalue weighted by atomic mass is 16.3. The Morgan fingerprint density at radius 1 is 1.25 bits per heavy atom. The summed E-state index contributed by atoms with van der Waals surface area (Å²) in [4.78, 5) is 35.6. The van der Waals surface area contributed by atoms with Gasteiger partial charge in [0.25, 0.3) is 11.8 Å². The van der Waals surface area contributed by atoms with Crippen LogP contribution in [0.1, 0.15) is 13.3 Å². The quantitative estimate of drug-likeness (QED) is 0.384. The molecule has 1 rings (SSSR count). The lowest BCUT2D eigenvalue weighted by atomic mass is 10.0. The molecule has 3 amide bonds. The van der Waals surface area contributed by atoms with Crippen LogP contribution in [0.3, 0.4) is 0 Å². The highest BCUT2D eigenvalue weighted by Crippen LogP contribution is 2.12. The van der Waals surface area contributed by atoms with Crippen molar-refractivity contribution >= 4 is 17.7 Å². The summed E-state index contributed by atoms with van der Waals surface area (Å²) in [7, 11) is 0. The molecule has 0 aromatic carbocycles. The fraction of sp³-hybridized carbons (Fsp3) is 0.583. The third-order valence-corrected chi connectivity index (χ3v) is 3.06. The molecule has 0 aromatic rings. The van der Waals surface area contributed by atoms with Crippen LogP contribution in [-0.4, -0.2) is 69.8 Å². The Bertz CT molecular complexity index is 433. The third-order valence-electron chi connectivity index (χ3n) is 3.06. The smallest absolute Gasteiger partial charge is 0.256 e. The molecule has 4 N–H and O–H groups in total. The van der Waals surface area contributed by atoms with Crippen molar-refractivity contribution in [1.29, 1.82) is 0 Å². The monoisotopic (exact) mass is 286 g/mol. The molecule has 0 spiro atoms. The predicted octanol–water partition coefficient (Wildman–Crippen LogP) is -2.48. The van der Waals surface area contributed by atoms with Gasteiger partial charge in [-0.2, -0.15) is 0 Å². The van der Waals surface area contributed by atoms with E-state index in [1.807, 2.05) is 0 Å². The maximum atomic E-state index is 11.7. The number of nitrogens with zero attached hydrogens (tertiary/aromatic N) is 1. The van der Waals surface area contributed by atoms with Crippen LogP contribution in [0.15, 0.2) is 11.6 Å². The lowest BCUT2D eigenvalue weighted by Gasteiger charge is -2.28. The van der Waals surface area contributed by atoms with Gasteiger partial charge in [0, 0.05) is 24.6 Å². The average Bonchev–Trinajstić information content (AvgIpc) is 2.68. The summed E-state index contributed by atoms with van der Waals surface area (Å²) < 4.78 is 0. The number of hydrogen-bond acceptors (Lipinski definition) is 6. The highest BCUT2D eigenvalue weighted by Gasteiger charge is 2.32. The molecule has 0 saturated carbocycles. The van der Waals surface area contributed by atoms with Crippen LogP contribution in [0.4, 0.5) is 0 Å². The van der Waals surface area contributed by atoms with E-state index in [1.54, 1.807) is 0 Å². The minimum absolute atomic E-state index is 0.101. The molecule has 0 saturated heterocycles. The van der Waals surface area contributed by atoms with Gasteiger partial charge in [0.15, 0.2) is 0 Å². The summed E-state index contributed by atoms with van der Waals surface area (Å²) in [5.41, 5.74) is -1.20. The van der Waals surface area contributed by atoms with Crippen LogP contribution in [0.2, 0.25) is 0 Å². The van der Waals surface area contributed by atoms with Gasteiger partial charge in [0.2, 0.25) is 5.91 Å². The number of hydrogen-bond donors (Lipinski definition) is 4. The minimum Gasteiger partial charge on any atom is -0.394 e. The number of aliphatic hydroxyl groups is 3. The number of imide groups is 1. The van der Waals surface area contributed by atoms with Crippen molar-refractivity contribution in [2.24, 2.45) is 0 Å². The Morgan fingerprint density at radius 2 is 1.80 bits per heavy atom. The average molecular weight is 286 g/mol. The predicted molar refractivity (Wildman–Crippen MR) is 67.2 cm³/mol. The van der Waals surface area contributed by atoms with Crippen LogP contribution in [0.5, 0.6) is 0 Å². The summed E-state index contributed by atoms with van der Waals surface area (Å²) in [6.07, 6.45) is 1.01. The number of amides is 3. The lowest BCUT2D eigenvalue weighted by molar-refractivity contribution is -0.137. The molecule has 0 unspecified atom stereocenters. The van der Waals surface area contributed by atoms with Gasteiger partial charge in [-0.05, 0) is 6.92 Å². The van der Waals surface area contributed by atoms with Crippen LogP contribution in [-0.2, 0) is 14.4 Å². The van der Waals surface area contributed by atoms with Gasteiger partial charge in [0.1, 0.15) is 5.54 Å². The second-order valence-corrected chi connectivity index (χ2v) is 4.68. The van der Waals surface area contributed by atoms with Crippen LogP contribution < -0.4 is 5.32 Å². The Balaban J connectivity index is 2.53. The SMILES string of the molecule is CC1=CC(=O)N(CCC(=O)NC(CO)(CO)CO)C1=O. The number of aliphatic hydroxyl groups excluding tert-OH is 3. The number of rotatable bonds is 7. The molecule has 0 radical (unpaired) electrons. The standard InChI is InChI=1S/C12H18N2O6/c1-8-4-10(19)14(11(8)20)3-2-9(18)13-12(5-15,6-16)7-17/h4,15-17H,2-3,5-7H2,1H3,(H,13,18). The highest BCUT2D eigenvalue weighted by molar-refractivity contribution is 6.15. The Hall–Kier alpha value is -1.77. The molecule has 8 nitrogen and oxygen atoms in total. The molecule has 1 aliphatic rings. The molecule has 0 aliphatic carbocycles. The molecule has 20 heavy (non-hydrogen) atoms. The van der Waals surface area contributed by atoms with Gasteiger partial charge < -0.3 is 20.6 Å². The van der Waals surface area contributed by atoms with E-state index in [1.165, 1.54) is 13.0 Å². The topological polar surface area (TPSA) is 127 Å². The molecule has 0 fully saturated rings. The van der Waals surface area contributed by atoms with Crippen molar-refractivity contribution in [2.75, 3.05) is 26.4 Å². The summed E-state index contributed by atoms with van der Waals surface area (Å²) in [6, 6.07) is 0. The molecular weight excluding hydrogens is 268 g/mol. The largest absolute Gasteiger partial charge is 0.394 e. The van der Waals surface area contributed by atoms with Gasteiger partial charge in [-0.1, -0.05) is 0 Å². The molecule has 112 valence electrons. The first-order valence-corrected chi connectivity index (χ1v) is 6.07. The van der Waals surface area contributed by atoms with Gasteiger partial charge in [-0.15, -0.1) is 0 Å². The maximum Gasteiger partial charge on any atom is 0.256 e. The zero-order valence-corrected chi connectivity index (χ0v) is 11.1. The normalized spacial score (nSPS) is 15.6. The molecule has 0 aromatic heterocycles. The number of nitrogens with one attached hydrogen (secondary N) is 1. The van der Waals surface area contributed by atoms with Crippen LogP contribution >= 0.6 is 0 Å². The molecule has 0 bridgehead atoms. The zero-order chi connectivity index (χ0) is 15.3. The van der Waals surface area contributed by atoms with Crippen molar-refractivity contribution in [1.82, 2.24) is 10.2 Å². The maximum absolute atomic E-state index is 11.7. The van der Waals surface area contributed by atoms with Crippen molar-refractivity contribution in [3.63, 3.8) is 0 Å². The van der Waals surface area contributed by atoms with Gasteiger partial charge in [-0.25, -0.2) is 0 Å². The van der Waals surface area contributed by atoms with Gasteiger partial charge in [-0.3, -0.25) is 19.3 Å². The summed E-state index contributed by atoms with van der Waals surface area (Å²) in [6.45, 7) is -0.486. The summed E-state index contributed by atoms with van der Waals surface area (Å²) in [5.74, 6) is -1.51. The van der Waals surface area contributed by atoms with Crippen molar-refractivity contribution in [3.8, 4) is 0 Å². The first-order valence-electron chi connectivity index (χ1n) is 6.07. The van der Waals surface area contributed by atoms with Crippen molar-refractivity contribution in [2.45, 2.75) is 18.9 Å². The van der Waals surface area contributed by atoms with Gasteiger partial charge in [0.05, 0.1) is 19.8 Å². The van der Waals surface area contributed by atoms with Crippen molar-refractivity contribution in [3.05, 3.63) is 11.6 Å². The molecule has 8 heteroatoms. The van der Waals surface area contributed by atoms with E-state index in [-0.39, 0.29) is 13.0 Å². The van der Waals surface area contributed by atoms with E-state index in [4.69, 9.17) is 15.3 Å². The molecule has 1 heterocycles. The number of carbonyl (C=O) groups excluding carboxylic acids is 3. The van der Waals surface area contributed by atoms with E-state index in [0.29, 0.717) is 5.57 Å². The van der Waals surface area contributed by atoms with E-state index in [0.717, 1.165) is 4.90 Å². The third kappa shape index (κ3) is 3.41. The minimum atomic E-state index is -1.51. The first kappa shape index (κ1) is 16.3. The second-order valence-electron chi connectivity index (χ2n) is 4.68. The Kier molecular flexibility index (Phi) is 5.37. The fourth-order valence-electron chi connectivity index (χ4n) is 1.69. The van der Waals surface area contributed by atoms with E-state index >= 15 is 0 Å². The van der Waals surface area contributed by atoms with Crippen LogP contribution in [0, 0.1) is 0 Å². The fourth-order valence-corrected chi connectivity index (χ4v) is 1.69. The van der Waals surface area contributed by atoms with Gasteiger partial charge >= 0.3 is 0 Å². The Morgan fingerprint density at radius 3 is 2.20 bits per heavy atom. The van der Waals surface area contributed by atoms with Crippen LogP contribution in [0.25, 0.3) is 0 Å². The molecular formula is C12H18N2O6. The second kappa shape index (κ2) is 6.60. The Labute approximate surface area is 115 Å². The first-order chi connectivity index (χ1) is 9.39. The summed E-state index contributed by atoms with van der Waals surface area (Å²) in [5, 5.41) is 29.5. The van der Waals surface area contributed by atoms with E-state index in [2.05, 4.69) is 5.32 Å². The van der Waals surface area contributed by atoms with Crippen molar-refractivity contribution < 1.29 is 29.7 Å².